The monoisotopic (exact) mass is 287 g/mol. The lowest BCUT2D eigenvalue weighted by molar-refractivity contribution is -0.116. The van der Waals surface area contributed by atoms with Crippen molar-refractivity contribution >= 4 is 39.3 Å². The van der Waals surface area contributed by atoms with Gasteiger partial charge in [-0.15, -0.1) is 0 Å². The minimum absolute atomic E-state index is 0.0411. The number of carbonyl (C=O) groups is 1. The topological polar surface area (TPSA) is 40.5 Å². The molecule has 0 radical (unpaired) electrons. The number of phenols is 1. The Morgan fingerprint density at radius 2 is 2.40 bits per heavy atom. The van der Waals surface area contributed by atoms with Crippen LogP contribution in [0.5, 0.6) is 5.75 Å². The maximum absolute atomic E-state index is 11.7. The second-order valence-corrected chi connectivity index (χ2v) is 5.19. The highest BCUT2D eigenvalue weighted by Gasteiger charge is 2.31. The molecule has 1 aliphatic rings. The van der Waals surface area contributed by atoms with E-state index in [1.54, 1.807) is 34.9 Å². The maximum Gasteiger partial charge on any atom is 0.238 e. The molecule has 0 saturated heterocycles. The average Bonchev–Trinajstić information content (AvgIpc) is 2.52. The zero-order valence-electron chi connectivity index (χ0n) is 8.11. The van der Waals surface area contributed by atoms with E-state index in [0.29, 0.717) is 5.33 Å². The Morgan fingerprint density at radius 3 is 3.07 bits per heavy atom. The van der Waals surface area contributed by atoms with Crippen LogP contribution in [0.1, 0.15) is 6.92 Å². The van der Waals surface area contributed by atoms with Crippen LogP contribution in [0.25, 0.3) is 0 Å². The fraction of sp³-hybridized carbons (Fsp3) is 0.300. The van der Waals surface area contributed by atoms with Crippen LogP contribution < -0.4 is 4.90 Å². The first-order valence-electron chi connectivity index (χ1n) is 4.51. The second kappa shape index (κ2) is 4.06. The maximum atomic E-state index is 11.7. The Bertz CT molecular complexity index is 410. The van der Waals surface area contributed by atoms with Crippen LogP contribution in [0.3, 0.4) is 0 Å². The highest BCUT2D eigenvalue weighted by Crippen LogP contribution is 2.44. The molecule has 1 N–H and O–H groups in total. The number of fused-ring (bicyclic) bond motifs is 1. The number of nitrogens with zero attached hydrogens (tertiary/aromatic N) is 1. The number of thioether (sulfide) groups is 1. The van der Waals surface area contributed by atoms with Gasteiger partial charge in [0.15, 0.2) is 0 Å². The summed E-state index contributed by atoms with van der Waals surface area (Å²) in [5, 5.41) is 9.75. The minimum Gasteiger partial charge on any atom is -0.508 e. The molecule has 15 heavy (non-hydrogen) atoms. The smallest absolute Gasteiger partial charge is 0.238 e. The van der Waals surface area contributed by atoms with E-state index in [4.69, 9.17) is 0 Å². The molecule has 1 aromatic rings. The number of benzene rings is 1. The molecule has 0 spiro atoms. The number of rotatable bonds is 1. The van der Waals surface area contributed by atoms with Crippen LogP contribution in [-0.2, 0) is 4.79 Å². The number of hydrogen-bond acceptors (Lipinski definition) is 3. The molecule has 1 aromatic carbocycles. The lowest BCUT2D eigenvalue weighted by atomic mass is 10.2. The predicted octanol–water partition coefficient (Wildman–Crippen LogP) is 2.57. The van der Waals surface area contributed by atoms with Gasteiger partial charge < -0.3 is 5.11 Å². The SMILES string of the molecule is CC1Sc2cc(O)ccc2N1C(=O)CBr. The van der Waals surface area contributed by atoms with Crippen molar-refractivity contribution in [2.45, 2.75) is 17.2 Å². The highest BCUT2D eigenvalue weighted by atomic mass is 79.9. The van der Waals surface area contributed by atoms with E-state index >= 15 is 0 Å². The van der Waals surface area contributed by atoms with E-state index in [1.165, 1.54) is 0 Å². The van der Waals surface area contributed by atoms with Gasteiger partial charge in [-0.3, -0.25) is 9.69 Å². The first-order valence-corrected chi connectivity index (χ1v) is 6.51. The molecule has 0 aliphatic carbocycles. The van der Waals surface area contributed by atoms with Crippen LogP contribution in [0.15, 0.2) is 23.1 Å². The normalized spacial score (nSPS) is 19.1. The standard InChI is InChI=1S/C10H10BrNO2S/c1-6-12(10(14)5-11)8-3-2-7(13)4-9(8)15-6/h2-4,6,13H,5H2,1H3. The Hall–Kier alpha value is -0.680. The lowest BCUT2D eigenvalue weighted by Crippen LogP contribution is -2.34. The van der Waals surface area contributed by atoms with Crippen LogP contribution >= 0.6 is 27.7 Å². The number of carbonyl (C=O) groups excluding carboxylic acids is 1. The number of alkyl halides is 1. The molecule has 3 nitrogen and oxygen atoms in total. The van der Waals surface area contributed by atoms with E-state index in [-0.39, 0.29) is 17.0 Å². The number of hydrogen-bond donors (Lipinski definition) is 1. The van der Waals surface area contributed by atoms with Gasteiger partial charge in [-0.2, -0.15) is 0 Å². The third-order valence-electron chi connectivity index (χ3n) is 2.25. The summed E-state index contributed by atoms with van der Waals surface area (Å²) < 4.78 is 0. The van der Waals surface area contributed by atoms with Gasteiger partial charge in [0, 0.05) is 4.90 Å². The van der Waals surface area contributed by atoms with Gasteiger partial charge >= 0.3 is 0 Å². The summed E-state index contributed by atoms with van der Waals surface area (Å²) in [7, 11) is 0. The van der Waals surface area contributed by atoms with Crippen molar-refractivity contribution in [3.05, 3.63) is 18.2 Å². The van der Waals surface area contributed by atoms with Gasteiger partial charge in [0.05, 0.1) is 16.4 Å². The molecule has 1 aliphatic heterocycles. The number of anilines is 1. The molecule has 0 saturated carbocycles. The van der Waals surface area contributed by atoms with Crippen molar-refractivity contribution in [3.63, 3.8) is 0 Å². The largest absolute Gasteiger partial charge is 0.508 e. The number of amides is 1. The molecule has 2 rings (SSSR count). The van der Waals surface area contributed by atoms with E-state index in [9.17, 15) is 9.90 Å². The van der Waals surface area contributed by atoms with Crippen LogP contribution in [0.2, 0.25) is 0 Å². The van der Waals surface area contributed by atoms with E-state index in [1.807, 2.05) is 6.92 Å². The van der Waals surface area contributed by atoms with E-state index in [2.05, 4.69) is 15.9 Å². The van der Waals surface area contributed by atoms with Gasteiger partial charge in [-0.25, -0.2) is 0 Å². The molecule has 80 valence electrons. The van der Waals surface area contributed by atoms with Gasteiger partial charge in [0.25, 0.3) is 0 Å². The minimum atomic E-state index is 0.0411. The van der Waals surface area contributed by atoms with Crippen LogP contribution in [0, 0.1) is 0 Å². The van der Waals surface area contributed by atoms with E-state index in [0.717, 1.165) is 10.6 Å². The summed E-state index contributed by atoms with van der Waals surface area (Å²) in [6.07, 6.45) is 0. The average molecular weight is 288 g/mol. The summed E-state index contributed by atoms with van der Waals surface area (Å²) in [5.41, 5.74) is 0.884. The van der Waals surface area contributed by atoms with E-state index < -0.39 is 0 Å². The molecule has 0 bridgehead atoms. The Labute approximate surface area is 101 Å². The molecule has 1 heterocycles. The highest BCUT2D eigenvalue weighted by molar-refractivity contribution is 9.09. The van der Waals surface area contributed by atoms with Crippen LogP contribution in [-0.4, -0.2) is 21.7 Å². The second-order valence-electron chi connectivity index (χ2n) is 3.27. The molecule has 0 fully saturated rings. The number of halogens is 1. The molecular weight excluding hydrogens is 278 g/mol. The molecule has 0 aromatic heterocycles. The summed E-state index contributed by atoms with van der Waals surface area (Å²) in [6.45, 7) is 1.97. The number of aromatic hydroxyl groups is 1. The lowest BCUT2D eigenvalue weighted by Gasteiger charge is -2.20. The van der Waals surface area contributed by atoms with Crippen molar-refractivity contribution in [1.29, 1.82) is 0 Å². The van der Waals surface area contributed by atoms with Crippen molar-refractivity contribution in [2.75, 3.05) is 10.2 Å². The molecular formula is C10H10BrNO2S. The van der Waals surface area contributed by atoms with Crippen molar-refractivity contribution in [2.24, 2.45) is 0 Å². The van der Waals surface area contributed by atoms with Crippen LogP contribution in [0.4, 0.5) is 5.69 Å². The predicted molar refractivity (Wildman–Crippen MR) is 64.7 cm³/mol. The van der Waals surface area contributed by atoms with Gasteiger partial charge in [0.1, 0.15) is 5.75 Å². The van der Waals surface area contributed by atoms with Crippen molar-refractivity contribution in [3.8, 4) is 5.75 Å². The van der Waals surface area contributed by atoms with Gasteiger partial charge in [-0.05, 0) is 25.1 Å². The third kappa shape index (κ3) is 1.86. The molecule has 1 atom stereocenters. The Balaban J connectivity index is 2.41. The fourth-order valence-electron chi connectivity index (χ4n) is 1.63. The first kappa shape index (κ1) is 10.8. The summed E-state index contributed by atoms with van der Waals surface area (Å²) in [5.74, 6) is 0.279. The first-order chi connectivity index (χ1) is 7.13. The molecule has 5 heteroatoms. The fourth-order valence-corrected chi connectivity index (χ4v) is 3.08. The summed E-state index contributed by atoms with van der Waals surface area (Å²) in [6, 6.07) is 5.08. The van der Waals surface area contributed by atoms with Crippen molar-refractivity contribution in [1.82, 2.24) is 0 Å². The Morgan fingerprint density at radius 1 is 1.67 bits per heavy atom. The van der Waals surface area contributed by atoms with Gasteiger partial charge in [-0.1, -0.05) is 27.7 Å². The number of phenolic OH excluding ortho intramolecular Hbond substituents is 1. The summed E-state index contributed by atoms with van der Waals surface area (Å²) >= 11 is 4.75. The molecule has 1 unspecified atom stereocenters. The Kier molecular flexibility index (Phi) is 2.93. The zero-order valence-corrected chi connectivity index (χ0v) is 10.5. The summed E-state index contributed by atoms with van der Waals surface area (Å²) in [4.78, 5) is 14.4. The zero-order chi connectivity index (χ0) is 11.0. The molecule has 1 amide bonds. The third-order valence-corrected chi connectivity index (χ3v) is 3.86. The quantitative estimate of drug-likeness (QED) is 0.807. The van der Waals surface area contributed by atoms with Gasteiger partial charge in [0.2, 0.25) is 5.91 Å². The van der Waals surface area contributed by atoms with Crippen molar-refractivity contribution < 1.29 is 9.90 Å².